The highest BCUT2D eigenvalue weighted by atomic mass is 32.2. The fraction of sp³-hybridized carbons (Fsp3) is 0.167. The molecule has 5 heteroatoms. The molecule has 0 saturated heterocycles. The van der Waals surface area contributed by atoms with Crippen LogP contribution in [0.25, 0.3) is 0 Å². The molecule has 0 aliphatic rings. The third-order valence-electron chi connectivity index (χ3n) is 1.90. The summed E-state index contributed by atoms with van der Waals surface area (Å²) in [5.74, 6) is 0. The van der Waals surface area contributed by atoms with Crippen molar-refractivity contribution in [2.75, 3.05) is 12.8 Å². The van der Waals surface area contributed by atoms with Crippen molar-refractivity contribution in [1.29, 1.82) is 0 Å². The fourth-order valence-electron chi connectivity index (χ4n) is 1.06. The molecule has 0 aliphatic heterocycles. The molecule has 0 heterocycles. The predicted molar refractivity (Wildman–Crippen MR) is 79.8 cm³/mol. The molecule has 3 nitrogen and oxygen atoms in total. The van der Waals surface area contributed by atoms with E-state index in [9.17, 15) is 0 Å². The minimum atomic E-state index is 0.488. The first-order chi connectivity index (χ1) is 8.26. The van der Waals surface area contributed by atoms with Gasteiger partial charge in [-0.2, -0.15) is 5.10 Å². The van der Waals surface area contributed by atoms with Gasteiger partial charge in [0.1, 0.15) is 0 Å². The molecule has 2 N–H and O–H groups in total. The number of thiocarbonyl (C=S) groups is 1. The number of hydrogen-bond donors (Lipinski definition) is 2. The van der Waals surface area contributed by atoms with Gasteiger partial charge in [-0.25, -0.2) is 0 Å². The third kappa shape index (κ3) is 5.51. The van der Waals surface area contributed by atoms with E-state index in [-0.39, 0.29) is 0 Å². The quantitative estimate of drug-likeness (QED) is 0.282. The second-order valence-corrected chi connectivity index (χ2v) is 4.43. The minimum absolute atomic E-state index is 0.488. The summed E-state index contributed by atoms with van der Waals surface area (Å²) in [7, 11) is 0. The number of rotatable bonds is 5. The molecule has 0 unspecified atom stereocenters. The van der Waals surface area contributed by atoms with E-state index < -0.39 is 0 Å². The largest absolute Gasteiger partial charge is 0.358 e. The lowest BCUT2D eigenvalue weighted by Crippen LogP contribution is -2.31. The van der Waals surface area contributed by atoms with Crippen molar-refractivity contribution in [3.8, 4) is 0 Å². The zero-order valence-corrected chi connectivity index (χ0v) is 11.3. The molecular formula is C12H15N3S2. The summed E-state index contributed by atoms with van der Waals surface area (Å²) in [5.41, 5.74) is 3.76. The van der Waals surface area contributed by atoms with Crippen LogP contribution in [0.3, 0.4) is 0 Å². The van der Waals surface area contributed by atoms with Gasteiger partial charge in [-0.1, -0.05) is 18.2 Å². The Bertz CT molecular complexity index is 399. The van der Waals surface area contributed by atoms with Crippen molar-refractivity contribution in [1.82, 2.24) is 10.7 Å². The van der Waals surface area contributed by atoms with Gasteiger partial charge in [-0.15, -0.1) is 18.3 Å². The molecule has 0 amide bonds. The fourth-order valence-corrected chi connectivity index (χ4v) is 1.60. The van der Waals surface area contributed by atoms with Crippen molar-refractivity contribution < 1.29 is 0 Å². The number of hydrogen-bond acceptors (Lipinski definition) is 3. The van der Waals surface area contributed by atoms with Gasteiger partial charge in [-0.05, 0) is 36.2 Å². The smallest absolute Gasteiger partial charge is 0.187 e. The van der Waals surface area contributed by atoms with Crippen LogP contribution < -0.4 is 10.7 Å². The lowest BCUT2D eigenvalue weighted by atomic mass is 10.2. The summed E-state index contributed by atoms with van der Waals surface area (Å²) in [6.45, 7) is 4.22. The Hall–Kier alpha value is -1.33. The van der Waals surface area contributed by atoms with Gasteiger partial charge in [0.2, 0.25) is 0 Å². The summed E-state index contributed by atoms with van der Waals surface area (Å²) in [6, 6.07) is 8.13. The first-order valence-corrected chi connectivity index (χ1v) is 6.71. The maximum atomic E-state index is 4.99. The average molecular weight is 265 g/mol. The number of nitrogens with zero attached hydrogens (tertiary/aromatic N) is 1. The van der Waals surface area contributed by atoms with E-state index in [1.54, 1.807) is 24.1 Å². The first-order valence-electron chi connectivity index (χ1n) is 5.08. The summed E-state index contributed by atoms with van der Waals surface area (Å²) < 4.78 is 0. The summed E-state index contributed by atoms with van der Waals surface area (Å²) in [4.78, 5) is 1.23. The summed E-state index contributed by atoms with van der Waals surface area (Å²) in [5, 5.41) is 7.44. The molecule has 0 atom stereocenters. The highest BCUT2D eigenvalue weighted by molar-refractivity contribution is 7.98. The van der Waals surface area contributed by atoms with E-state index in [0.717, 1.165) is 5.56 Å². The Morgan fingerprint density at radius 3 is 2.76 bits per heavy atom. The van der Waals surface area contributed by atoms with E-state index in [0.29, 0.717) is 11.7 Å². The van der Waals surface area contributed by atoms with Gasteiger partial charge in [0.15, 0.2) is 5.11 Å². The molecular weight excluding hydrogens is 250 g/mol. The highest BCUT2D eigenvalue weighted by Gasteiger charge is 1.91. The summed E-state index contributed by atoms with van der Waals surface area (Å²) >= 11 is 6.70. The zero-order chi connectivity index (χ0) is 12.5. The van der Waals surface area contributed by atoms with Crippen LogP contribution in [0.2, 0.25) is 0 Å². The first kappa shape index (κ1) is 13.7. The zero-order valence-electron chi connectivity index (χ0n) is 9.64. The Morgan fingerprint density at radius 1 is 1.47 bits per heavy atom. The lowest BCUT2D eigenvalue weighted by Gasteiger charge is -2.03. The molecule has 0 spiro atoms. The van der Waals surface area contributed by atoms with Crippen LogP contribution in [0.5, 0.6) is 0 Å². The molecule has 0 radical (unpaired) electrons. The molecule has 90 valence electrons. The Kier molecular flexibility index (Phi) is 6.35. The molecule has 0 fully saturated rings. The van der Waals surface area contributed by atoms with E-state index in [1.165, 1.54) is 4.90 Å². The van der Waals surface area contributed by atoms with Crippen molar-refractivity contribution in [2.45, 2.75) is 4.90 Å². The van der Waals surface area contributed by atoms with Gasteiger partial charge in [0, 0.05) is 11.4 Å². The van der Waals surface area contributed by atoms with Gasteiger partial charge >= 0.3 is 0 Å². The van der Waals surface area contributed by atoms with Gasteiger partial charge in [0.05, 0.1) is 6.21 Å². The van der Waals surface area contributed by atoms with Crippen LogP contribution >= 0.6 is 24.0 Å². The molecule has 1 rings (SSSR count). The molecule has 0 aromatic heterocycles. The number of nitrogens with one attached hydrogen (secondary N) is 2. The van der Waals surface area contributed by atoms with E-state index in [1.807, 2.05) is 18.4 Å². The van der Waals surface area contributed by atoms with Crippen LogP contribution in [0, 0.1) is 0 Å². The van der Waals surface area contributed by atoms with E-state index >= 15 is 0 Å². The lowest BCUT2D eigenvalue weighted by molar-refractivity contribution is 0.942. The summed E-state index contributed by atoms with van der Waals surface area (Å²) in [6.07, 6.45) is 5.51. The highest BCUT2D eigenvalue weighted by Crippen LogP contribution is 2.13. The van der Waals surface area contributed by atoms with Crippen LogP contribution in [-0.2, 0) is 0 Å². The normalized spacial score (nSPS) is 10.2. The van der Waals surface area contributed by atoms with Gasteiger partial charge < -0.3 is 5.32 Å². The number of thioether (sulfide) groups is 1. The Balaban J connectivity index is 2.42. The van der Waals surface area contributed by atoms with Crippen LogP contribution in [0.1, 0.15) is 5.56 Å². The van der Waals surface area contributed by atoms with Gasteiger partial charge in [-0.3, -0.25) is 5.43 Å². The third-order valence-corrected chi connectivity index (χ3v) is 2.88. The molecule has 0 saturated carbocycles. The molecule has 17 heavy (non-hydrogen) atoms. The van der Waals surface area contributed by atoms with E-state index in [2.05, 4.69) is 34.6 Å². The number of benzene rings is 1. The minimum Gasteiger partial charge on any atom is -0.358 e. The molecule has 0 aliphatic carbocycles. The molecule has 1 aromatic rings. The standard InChI is InChI=1S/C12H15N3S2/c1-3-8-13-12(16)15-14-9-10-4-6-11(17-2)7-5-10/h3-7,9H,1,8H2,2H3,(H2,13,15,16)/b14-9+. The van der Waals surface area contributed by atoms with Crippen molar-refractivity contribution in [2.24, 2.45) is 5.10 Å². The SMILES string of the molecule is C=CCNC(=S)N/N=C/c1ccc(SC)cc1. The van der Waals surface area contributed by atoms with Crippen LogP contribution in [-0.4, -0.2) is 24.1 Å². The van der Waals surface area contributed by atoms with Crippen LogP contribution in [0.15, 0.2) is 46.9 Å². The maximum absolute atomic E-state index is 4.99. The van der Waals surface area contributed by atoms with Crippen molar-refractivity contribution >= 4 is 35.3 Å². The topological polar surface area (TPSA) is 36.4 Å². The van der Waals surface area contributed by atoms with Crippen molar-refractivity contribution in [3.05, 3.63) is 42.5 Å². The van der Waals surface area contributed by atoms with E-state index in [4.69, 9.17) is 12.2 Å². The van der Waals surface area contributed by atoms with Crippen LogP contribution in [0.4, 0.5) is 0 Å². The van der Waals surface area contributed by atoms with Gasteiger partial charge in [0.25, 0.3) is 0 Å². The predicted octanol–water partition coefficient (Wildman–Crippen LogP) is 2.39. The second kappa shape index (κ2) is 7.86. The molecule has 1 aromatic carbocycles. The Morgan fingerprint density at radius 2 is 2.18 bits per heavy atom. The number of hydrazone groups is 1. The average Bonchev–Trinajstić information content (AvgIpc) is 2.37. The maximum Gasteiger partial charge on any atom is 0.187 e. The Labute approximate surface area is 111 Å². The monoisotopic (exact) mass is 265 g/mol. The second-order valence-electron chi connectivity index (χ2n) is 3.14. The molecule has 0 bridgehead atoms. The van der Waals surface area contributed by atoms with Crippen molar-refractivity contribution in [3.63, 3.8) is 0 Å².